The van der Waals surface area contributed by atoms with Gasteiger partial charge in [-0.3, -0.25) is 4.79 Å². The van der Waals surface area contributed by atoms with Crippen molar-refractivity contribution in [3.63, 3.8) is 0 Å². The quantitative estimate of drug-likeness (QED) is 0.680. The molecular formula is C13H19NO4. The smallest absolute Gasteiger partial charge is 0.317 e. The van der Waals surface area contributed by atoms with Crippen LogP contribution >= 0.6 is 0 Å². The minimum Gasteiger partial charge on any atom is -0.497 e. The predicted molar refractivity (Wildman–Crippen MR) is 67.7 cm³/mol. The van der Waals surface area contributed by atoms with E-state index >= 15 is 0 Å². The highest BCUT2D eigenvalue weighted by molar-refractivity contribution is 5.69. The number of rotatable bonds is 7. The fourth-order valence-electron chi connectivity index (χ4n) is 1.76. The monoisotopic (exact) mass is 253 g/mol. The second kappa shape index (κ2) is 6.98. The van der Waals surface area contributed by atoms with Crippen molar-refractivity contribution < 1.29 is 19.7 Å². The van der Waals surface area contributed by atoms with E-state index in [0.717, 1.165) is 0 Å². The molecule has 0 aromatic heterocycles. The Hall–Kier alpha value is -1.59. The molecule has 1 rings (SSSR count). The molecule has 0 heterocycles. The summed E-state index contributed by atoms with van der Waals surface area (Å²) in [6, 6.07) is 6.82. The lowest BCUT2D eigenvalue weighted by Gasteiger charge is -2.22. The summed E-state index contributed by atoms with van der Waals surface area (Å²) in [7, 11) is 1.56. The van der Waals surface area contributed by atoms with Gasteiger partial charge in [0.05, 0.1) is 19.8 Å². The SMILES string of the molecule is CCC(NCC(=O)O)C(O)c1cccc(OC)c1. The van der Waals surface area contributed by atoms with Crippen LogP contribution in [0.1, 0.15) is 25.0 Å². The van der Waals surface area contributed by atoms with Gasteiger partial charge in [0.1, 0.15) is 5.75 Å². The van der Waals surface area contributed by atoms with E-state index in [1.165, 1.54) is 0 Å². The first kappa shape index (κ1) is 14.5. The summed E-state index contributed by atoms with van der Waals surface area (Å²) in [6.45, 7) is 1.72. The molecule has 0 spiro atoms. The molecule has 2 unspecified atom stereocenters. The maximum absolute atomic E-state index is 10.5. The Labute approximate surface area is 106 Å². The Balaban J connectivity index is 2.75. The number of carboxylic acids is 1. The number of carboxylic acid groups (broad SMARTS) is 1. The van der Waals surface area contributed by atoms with Gasteiger partial charge in [-0.2, -0.15) is 0 Å². The zero-order valence-electron chi connectivity index (χ0n) is 10.6. The second-order valence-electron chi connectivity index (χ2n) is 4.01. The van der Waals surface area contributed by atoms with E-state index in [9.17, 15) is 9.90 Å². The first-order valence-electron chi connectivity index (χ1n) is 5.85. The molecule has 0 aliphatic rings. The average Bonchev–Trinajstić information content (AvgIpc) is 2.39. The predicted octanol–water partition coefficient (Wildman–Crippen LogP) is 1.18. The third kappa shape index (κ3) is 4.01. The molecule has 1 aromatic rings. The summed E-state index contributed by atoms with van der Waals surface area (Å²) >= 11 is 0. The standard InChI is InChI=1S/C13H19NO4/c1-3-11(14-8-12(15)16)13(17)9-5-4-6-10(7-9)18-2/h4-7,11,13-14,17H,3,8H2,1-2H3,(H,15,16). The first-order chi connectivity index (χ1) is 8.58. The third-order valence-electron chi connectivity index (χ3n) is 2.77. The number of nitrogens with one attached hydrogen (secondary N) is 1. The molecule has 3 N–H and O–H groups in total. The van der Waals surface area contributed by atoms with Crippen LogP contribution in [0.4, 0.5) is 0 Å². The van der Waals surface area contributed by atoms with Crippen LogP contribution in [0.2, 0.25) is 0 Å². The van der Waals surface area contributed by atoms with Crippen LogP contribution in [0.5, 0.6) is 5.75 Å². The fourth-order valence-corrected chi connectivity index (χ4v) is 1.76. The normalized spacial score (nSPS) is 13.9. The molecule has 0 amide bonds. The van der Waals surface area contributed by atoms with Crippen LogP contribution in [-0.4, -0.2) is 35.9 Å². The van der Waals surface area contributed by atoms with Gasteiger partial charge < -0.3 is 20.3 Å². The lowest BCUT2D eigenvalue weighted by atomic mass is 10.00. The highest BCUT2D eigenvalue weighted by Gasteiger charge is 2.19. The Morgan fingerprint density at radius 2 is 2.22 bits per heavy atom. The number of benzene rings is 1. The van der Waals surface area contributed by atoms with Gasteiger partial charge in [-0.05, 0) is 24.1 Å². The van der Waals surface area contributed by atoms with Crippen LogP contribution in [0.25, 0.3) is 0 Å². The highest BCUT2D eigenvalue weighted by atomic mass is 16.5. The number of hydrogen-bond acceptors (Lipinski definition) is 4. The molecular weight excluding hydrogens is 234 g/mol. The minimum atomic E-state index is -0.939. The van der Waals surface area contributed by atoms with E-state index in [4.69, 9.17) is 9.84 Å². The summed E-state index contributed by atoms with van der Waals surface area (Å²) in [5.74, 6) is -0.272. The molecule has 2 atom stereocenters. The summed E-state index contributed by atoms with van der Waals surface area (Å²) in [4.78, 5) is 10.5. The highest BCUT2D eigenvalue weighted by Crippen LogP contribution is 2.22. The van der Waals surface area contributed by atoms with Crippen molar-refractivity contribution in [2.75, 3.05) is 13.7 Å². The minimum absolute atomic E-state index is 0.167. The number of carbonyl (C=O) groups is 1. The van der Waals surface area contributed by atoms with E-state index < -0.39 is 12.1 Å². The Kier molecular flexibility index (Phi) is 5.61. The van der Waals surface area contributed by atoms with Crippen LogP contribution in [-0.2, 0) is 4.79 Å². The van der Waals surface area contributed by atoms with Crippen LogP contribution in [0.3, 0.4) is 0 Å². The summed E-state index contributed by atoms with van der Waals surface area (Å²) in [6.07, 6.45) is -0.129. The van der Waals surface area contributed by atoms with Crippen molar-refractivity contribution in [2.45, 2.75) is 25.5 Å². The summed E-state index contributed by atoms with van der Waals surface area (Å²) in [5, 5.41) is 21.6. The van der Waals surface area contributed by atoms with Crippen molar-refractivity contribution in [1.82, 2.24) is 5.32 Å². The van der Waals surface area contributed by atoms with Gasteiger partial charge >= 0.3 is 5.97 Å². The van der Waals surface area contributed by atoms with Crippen LogP contribution in [0.15, 0.2) is 24.3 Å². The van der Waals surface area contributed by atoms with Gasteiger partial charge in [0.25, 0.3) is 0 Å². The largest absolute Gasteiger partial charge is 0.497 e. The Morgan fingerprint density at radius 3 is 2.78 bits per heavy atom. The molecule has 0 radical (unpaired) electrons. The summed E-state index contributed by atoms with van der Waals surface area (Å²) < 4.78 is 5.09. The Bertz CT molecular complexity index is 394. The van der Waals surface area contributed by atoms with Crippen molar-refractivity contribution in [2.24, 2.45) is 0 Å². The van der Waals surface area contributed by atoms with Gasteiger partial charge in [-0.25, -0.2) is 0 Å². The number of aliphatic carboxylic acids is 1. The number of aliphatic hydroxyl groups is 1. The fraction of sp³-hybridized carbons (Fsp3) is 0.462. The van der Waals surface area contributed by atoms with Crippen LogP contribution < -0.4 is 10.1 Å². The lowest BCUT2D eigenvalue weighted by Crippen LogP contribution is -2.37. The molecule has 0 saturated carbocycles. The van der Waals surface area contributed by atoms with Crippen molar-refractivity contribution in [3.8, 4) is 5.75 Å². The van der Waals surface area contributed by atoms with E-state index in [1.807, 2.05) is 6.92 Å². The van der Waals surface area contributed by atoms with Gasteiger partial charge in [0.2, 0.25) is 0 Å². The van der Waals surface area contributed by atoms with Gasteiger partial charge in [-0.1, -0.05) is 19.1 Å². The molecule has 100 valence electrons. The molecule has 0 saturated heterocycles. The first-order valence-corrected chi connectivity index (χ1v) is 5.85. The average molecular weight is 253 g/mol. The summed E-state index contributed by atoms with van der Waals surface area (Å²) in [5.41, 5.74) is 0.707. The van der Waals surface area contributed by atoms with E-state index in [1.54, 1.807) is 31.4 Å². The molecule has 5 heteroatoms. The van der Waals surface area contributed by atoms with Gasteiger partial charge in [-0.15, -0.1) is 0 Å². The van der Waals surface area contributed by atoms with Crippen molar-refractivity contribution in [3.05, 3.63) is 29.8 Å². The van der Waals surface area contributed by atoms with Gasteiger partial charge in [0.15, 0.2) is 0 Å². The topological polar surface area (TPSA) is 78.8 Å². The number of ether oxygens (including phenoxy) is 1. The van der Waals surface area contributed by atoms with Crippen molar-refractivity contribution >= 4 is 5.97 Å². The maximum Gasteiger partial charge on any atom is 0.317 e. The number of aliphatic hydroxyl groups excluding tert-OH is 1. The molecule has 0 aliphatic heterocycles. The van der Waals surface area contributed by atoms with Crippen molar-refractivity contribution in [1.29, 1.82) is 0 Å². The second-order valence-corrected chi connectivity index (χ2v) is 4.01. The number of methoxy groups -OCH3 is 1. The molecule has 18 heavy (non-hydrogen) atoms. The maximum atomic E-state index is 10.5. The molecule has 0 bridgehead atoms. The van der Waals surface area contributed by atoms with E-state index in [2.05, 4.69) is 5.32 Å². The lowest BCUT2D eigenvalue weighted by molar-refractivity contribution is -0.136. The zero-order chi connectivity index (χ0) is 13.5. The molecule has 5 nitrogen and oxygen atoms in total. The van der Waals surface area contributed by atoms with E-state index in [-0.39, 0.29) is 12.6 Å². The zero-order valence-corrected chi connectivity index (χ0v) is 10.6. The number of hydrogen-bond donors (Lipinski definition) is 3. The van der Waals surface area contributed by atoms with E-state index in [0.29, 0.717) is 17.7 Å². The van der Waals surface area contributed by atoms with Crippen LogP contribution in [0, 0.1) is 0 Å². The Morgan fingerprint density at radius 1 is 1.50 bits per heavy atom. The molecule has 0 aliphatic carbocycles. The molecule has 1 aromatic carbocycles. The third-order valence-corrected chi connectivity index (χ3v) is 2.77. The molecule has 0 fully saturated rings. The van der Waals surface area contributed by atoms with Gasteiger partial charge in [0, 0.05) is 6.04 Å².